The minimum absolute atomic E-state index is 0.132. The Morgan fingerprint density at radius 3 is 3.07 bits per heavy atom. The molecule has 1 heterocycles. The fourth-order valence-electron chi connectivity index (χ4n) is 0.907. The molecule has 0 saturated carbocycles. The van der Waals surface area contributed by atoms with Crippen LogP contribution in [-0.4, -0.2) is 27.9 Å². The zero-order chi connectivity index (χ0) is 10.6. The molecule has 0 spiro atoms. The molecule has 0 aliphatic heterocycles. The molecule has 5 heteroatoms. The van der Waals surface area contributed by atoms with E-state index < -0.39 is 0 Å². The van der Waals surface area contributed by atoms with Crippen LogP contribution in [0, 0.1) is 0 Å². The van der Waals surface area contributed by atoms with Gasteiger partial charge in [-0.15, -0.1) is 11.6 Å². The lowest BCUT2D eigenvalue weighted by atomic mass is 10.2. The Kier molecular flexibility index (Phi) is 3.71. The molecule has 1 aromatic rings. The maximum Gasteiger partial charge on any atom is 0.255 e. The van der Waals surface area contributed by atoms with Crippen molar-refractivity contribution < 1.29 is 9.90 Å². The van der Waals surface area contributed by atoms with Gasteiger partial charge in [-0.3, -0.25) is 9.78 Å². The standard InChI is InChI=1S/C9H11ClN2O2/c1-6(10)4-12-9(14)7-2-3-11-5-8(7)13/h2-3,5-6,13H,4H2,1H3,(H,12,14). The second-order valence-corrected chi connectivity index (χ2v) is 3.63. The van der Waals surface area contributed by atoms with Gasteiger partial charge >= 0.3 is 0 Å². The van der Waals surface area contributed by atoms with Crippen LogP contribution < -0.4 is 5.32 Å². The normalized spacial score (nSPS) is 12.1. The smallest absolute Gasteiger partial charge is 0.255 e. The molecule has 1 rings (SSSR count). The highest BCUT2D eigenvalue weighted by Gasteiger charge is 2.10. The molecule has 4 nitrogen and oxygen atoms in total. The number of amides is 1. The number of rotatable bonds is 3. The number of pyridine rings is 1. The van der Waals surface area contributed by atoms with Gasteiger partial charge in [0, 0.05) is 18.1 Å². The summed E-state index contributed by atoms with van der Waals surface area (Å²) < 4.78 is 0. The van der Waals surface area contributed by atoms with Crippen molar-refractivity contribution in [3.05, 3.63) is 24.0 Å². The summed E-state index contributed by atoms with van der Waals surface area (Å²) in [5.41, 5.74) is 0.206. The lowest BCUT2D eigenvalue weighted by Crippen LogP contribution is -2.28. The van der Waals surface area contributed by atoms with Crippen molar-refractivity contribution in [2.45, 2.75) is 12.3 Å². The second-order valence-electron chi connectivity index (χ2n) is 2.88. The number of aromatic nitrogens is 1. The first-order chi connectivity index (χ1) is 6.61. The van der Waals surface area contributed by atoms with Crippen LogP contribution in [0.5, 0.6) is 5.75 Å². The van der Waals surface area contributed by atoms with Gasteiger partial charge in [0.05, 0.1) is 11.8 Å². The number of carbonyl (C=O) groups is 1. The number of nitrogens with zero attached hydrogens (tertiary/aromatic N) is 1. The summed E-state index contributed by atoms with van der Waals surface area (Å²) in [4.78, 5) is 15.1. The second kappa shape index (κ2) is 4.81. The molecular weight excluding hydrogens is 204 g/mol. The van der Waals surface area contributed by atoms with Crippen LogP contribution in [0.4, 0.5) is 0 Å². The Balaban J connectivity index is 2.65. The molecule has 14 heavy (non-hydrogen) atoms. The van der Waals surface area contributed by atoms with Gasteiger partial charge in [0.15, 0.2) is 0 Å². The molecule has 0 aromatic carbocycles. The van der Waals surface area contributed by atoms with Crippen molar-refractivity contribution in [2.24, 2.45) is 0 Å². The number of alkyl halides is 1. The molecule has 1 aromatic heterocycles. The fourth-order valence-corrected chi connectivity index (χ4v) is 0.984. The van der Waals surface area contributed by atoms with Gasteiger partial charge in [0.2, 0.25) is 0 Å². The predicted octanol–water partition coefficient (Wildman–Crippen LogP) is 1.14. The number of aromatic hydroxyl groups is 1. The van der Waals surface area contributed by atoms with Gasteiger partial charge in [-0.1, -0.05) is 0 Å². The minimum atomic E-state index is -0.350. The summed E-state index contributed by atoms with van der Waals surface area (Å²) in [6, 6.07) is 1.45. The number of carbonyl (C=O) groups excluding carboxylic acids is 1. The van der Waals surface area contributed by atoms with E-state index in [9.17, 15) is 9.90 Å². The van der Waals surface area contributed by atoms with Crippen molar-refractivity contribution in [1.82, 2.24) is 10.3 Å². The average molecular weight is 215 g/mol. The quantitative estimate of drug-likeness (QED) is 0.742. The van der Waals surface area contributed by atoms with Crippen LogP contribution in [0.15, 0.2) is 18.5 Å². The van der Waals surface area contributed by atoms with Crippen molar-refractivity contribution in [3.8, 4) is 5.75 Å². The molecular formula is C9H11ClN2O2. The minimum Gasteiger partial charge on any atom is -0.505 e. The van der Waals surface area contributed by atoms with Crippen molar-refractivity contribution in [2.75, 3.05) is 6.54 Å². The molecule has 0 aliphatic carbocycles. The summed E-state index contributed by atoms with van der Waals surface area (Å²) >= 11 is 5.66. The largest absolute Gasteiger partial charge is 0.505 e. The summed E-state index contributed by atoms with van der Waals surface area (Å²) in [6.45, 7) is 2.14. The molecule has 76 valence electrons. The summed E-state index contributed by atoms with van der Waals surface area (Å²) in [7, 11) is 0. The topological polar surface area (TPSA) is 62.2 Å². The van der Waals surface area contributed by atoms with E-state index in [-0.39, 0.29) is 22.6 Å². The zero-order valence-electron chi connectivity index (χ0n) is 7.70. The molecule has 2 N–H and O–H groups in total. The third-order valence-electron chi connectivity index (χ3n) is 1.59. The average Bonchev–Trinajstić information content (AvgIpc) is 2.15. The SMILES string of the molecule is CC(Cl)CNC(=O)c1ccncc1O. The van der Waals surface area contributed by atoms with Gasteiger partial charge in [-0.05, 0) is 13.0 Å². The third-order valence-corrected chi connectivity index (χ3v) is 1.74. The van der Waals surface area contributed by atoms with Crippen LogP contribution in [-0.2, 0) is 0 Å². The molecule has 0 aliphatic rings. The van der Waals surface area contributed by atoms with E-state index in [1.807, 2.05) is 0 Å². The van der Waals surface area contributed by atoms with E-state index >= 15 is 0 Å². The van der Waals surface area contributed by atoms with Gasteiger partial charge in [-0.2, -0.15) is 0 Å². The molecule has 1 unspecified atom stereocenters. The molecule has 1 atom stereocenters. The van der Waals surface area contributed by atoms with Crippen molar-refractivity contribution >= 4 is 17.5 Å². The van der Waals surface area contributed by atoms with Gasteiger partial charge in [0.25, 0.3) is 5.91 Å². The van der Waals surface area contributed by atoms with Crippen LogP contribution in [0.3, 0.4) is 0 Å². The van der Waals surface area contributed by atoms with Crippen LogP contribution >= 0.6 is 11.6 Å². The lowest BCUT2D eigenvalue weighted by Gasteiger charge is -2.06. The van der Waals surface area contributed by atoms with Gasteiger partial charge in [0.1, 0.15) is 5.75 Å². The summed E-state index contributed by atoms with van der Waals surface area (Å²) in [5.74, 6) is -0.482. The fraction of sp³-hybridized carbons (Fsp3) is 0.333. The third kappa shape index (κ3) is 2.88. The van der Waals surface area contributed by atoms with E-state index in [0.29, 0.717) is 6.54 Å². The van der Waals surface area contributed by atoms with Crippen molar-refractivity contribution in [3.63, 3.8) is 0 Å². The number of hydrogen-bond donors (Lipinski definition) is 2. The number of nitrogens with one attached hydrogen (secondary N) is 1. The van der Waals surface area contributed by atoms with Crippen LogP contribution in [0.1, 0.15) is 17.3 Å². The monoisotopic (exact) mass is 214 g/mol. The van der Waals surface area contributed by atoms with Crippen molar-refractivity contribution in [1.29, 1.82) is 0 Å². The highest BCUT2D eigenvalue weighted by Crippen LogP contribution is 2.13. The Morgan fingerprint density at radius 1 is 1.79 bits per heavy atom. The number of hydrogen-bond acceptors (Lipinski definition) is 3. The maximum atomic E-state index is 11.4. The summed E-state index contributed by atoms with van der Waals surface area (Å²) in [5, 5.41) is 11.7. The maximum absolute atomic E-state index is 11.4. The molecule has 0 fully saturated rings. The van der Waals surface area contributed by atoms with E-state index in [1.165, 1.54) is 18.5 Å². The first-order valence-electron chi connectivity index (χ1n) is 4.16. The van der Waals surface area contributed by atoms with Gasteiger partial charge in [-0.25, -0.2) is 0 Å². The van der Waals surface area contributed by atoms with E-state index in [4.69, 9.17) is 11.6 Å². The Labute approximate surface area is 86.9 Å². The predicted molar refractivity (Wildman–Crippen MR) is 53.6 cm³/mol. The zero-order valence-corrected chi connectivity index (χ0v) is 8.45. The molecule has 0 saturated heterocycles. The highest BCUT2D eigenvalue weighted by molar-refractivity contribution is 6.20. The first kappa shape index (κ1) is 10.8. The lowest BCUT2D eigenvalue weighted by molar-refractivity contribution is 0.0951. The van der Waals surface area contributed by atoms with E-state index in [0.717, 1.165) is 0 Å². The highest BCUT2D eigenvalue weighted by atomic mass is 35.5. The first-order valence-corrected chi connectivity index (χ1v) is 4.60. The Bertz CT molecular complexity index is 328. The molecule has 0 radical (unpaired) electrons. The molecule has 1 amide bonds. The van der Waals surface area contributed by atoms with Gasteiger partial charge < -0.3 is 10.4 Å². The van der Waals surface area contributed by atoms with Crippen LogP contribution in [0.25, 0.3) is 0 Å². The number of halogens is 1. The van der Waals surface area contributed by atoms with E-state index in [1.54, 1.807) is 6.92 Å². The Morgan fingerprint density at radius 2 is 2.50 bits per heavy atom. The molecule has 0 bridgehead atoms. The Hall–Kier alpha value is -1.29. The van der Waals surface area contributed by atoms with Crippen LogP contribution in [0.2, 0.25) is 0 Å². The van der Waals surface area contributed by atoms with E-state index in [2.05, 4.69) is 10.3 Å². The summed E-state index contributed by atoms with van der Waals surface area (Å²) in [6.07, 6.45) is 2.66.